The van der Waals surface area contributed by atoms with Gasteiger partial charge in [-0.2, -0.15) is 5.26 Å². The number of nitrogens with zero attached hydrogens (tertiary/aromatic N) is 5. The first-order chi connectivity index (χ1) is 11.2. The Balaban J connectivity index is 1.72. The second-order valence-corrected chi connectivity index (χ2v) is 5.67. The van der Waals surface area contributed by atoms with Crippen LogP contribution in [0.3, 0.4) is 0 Å². The first-order valence-electron chi connectivity index (χ1n) is 7.67. The van der Waals surface area contributed by atoms with Gasteiger partial charge in [0.1, 0.15) is 5.69 Å². The smallest absolute Gasteiger partial charge is 0.317 e. The summed E-state index contributed by atoms with van der Waals surface area (Å²) in [6.07, 6.45) is 1.82. The minimum atomic E-state index is 0.0412. The molecule has 2 aliphatic rings. The summed E-state index contributed by atoms with van der Waals surface area (Å²) in [5, 5.41) is 19.1. The number of nitrogens with two attached hydrogens (primary N) is 1. The van der Waals surface area contributed by atoms with Crippen LogP contribution < -0.4 is 16.1 Å². The molecule has 2 fully saturated rings. The topological polar surface area (TPSA) is 110 Å². The highest BCUT2D eigenvalue weighted by atomic mass is 16.2. The van der Waals surface area contributed by atoms with Crippen LogP contribution in [-0.2, 0) is 0 Å². The Kier molecular flexibility index (Phi) is 4.28. The lowest BCUT2D eigenvalue weighted by Gasteiger charge is -2.37. The molecule has 23 heavy (non-hydrogen) atoms. The summed E-state index contributed by atoms with van der Waals surface area (Å²) in [7, 11) is 0. The number of urea groups is 1. The number of hydrogen-bond acceptors (Lipinski definition) is 5. The van der Waals surface area contributed by atoms with Crippen molar-refractivity contribution >= 4 is 17.4 Å². The van der Waals surface area contributed by atoms with Crippen LogP contribution in [-0.4, -0.2) is 43.2 Å². The maximum Gasteiger partial charge on any atom is 0.317 e. The Hall–Kier alpha value is -2.82. The normalized spacial score (nSPS) is 19.2. The molecule has 3 rings (SSSR count). The zero-order valence-electron chi connectivity index (χ0n) is 12.8. The van der Waals surface area contributed by atoms with Gasteiger partial charge in [-0.3, -0.25) is 0 Å². The molecule has 0 unspecified atom stereocenters. The predicted octanol–water partition coefficient (Wildman–Crippen LogP) is 1.51. The van der Waals surface area contributed by atoms with Crippen molar-refractivity contribution in [3.63, 3.8) is 0 Å². The van der Waals surface area contributed by atoms with Gasteiger partial charge in [0, 0.05) is 32.2 Å². The summed E-state index contributed by atoms with van der Waals surface area (Å²) in [6, 6.07) is 7.75. The van der Waals surface area contributed by atoms with Crippen LogP contribution >= 0.6 is 0 Å². The fourth-order valence-corrected chi connectivity index (χ4v) is 3.26. The number of carbonyl (C=O) groups is 1. The lowest BCUT2D eigenvalue weighted by molar-refractivity contribution is 0.186. The van der Waals surface area contributed by atoms with Crippen molar-refractivity contribution in [1.82, 2.24) is 10.2 Å². The maximum atomic E-state index is 11.8. The Bertz CT molecular complexity index is 658. The van der Waals surface area contributed by atoms with E-state index in [-0.39, 0.29) is 12.1 Å². The molecule has 2 heterocycles. The zero-order valence-corrected chi connectivity index (χ0v) is 12.8. The van der Waals surface area contributed by atoms with E-state index in [1.165, 1.54) is 0 Å². The van der Waals surface area contributed by atoms with Gasteiger partial charge in [0.2, 0.25) is 0 Å². The van der Waals surface area contributed by atoms with Crippen molar-refractivity contribution in [1.29, 1.82) is 5.26 Å². The molecule has 2 aliphatic heterocycles. The maximum absolute atomic E-state index is 11.8. The number of nitrogens with one attached hydrogen (secondary N) is 1. The number of nitriles is 1. The molecule has 0 atom stereocenters. The van der Waals surface area contributed by atoms with Crippen LogP contribution in [0.5, 0.6) is 0 Å². The molecule has 1 aromatic carbocycles. The molecule has 8 nitrogen and oxygen atoms in total. The molecule has 0 saturated carbocycles. The third-order valence-corrected chi connectivity index (χ3v) is 4.41. The van der Waals surface area contributed by atoms with E-state index in [2.05, 4.69) is 26.6 Å². The third kappa shape index (κ3) is 3.04. The summed E-state index contributed by atoms with van der Waals surface area (Å²) in [4.78, 5) is 15.9. The van der Waals surface area contributed by atoms with E-state index in [0.29, 0.717) is 11.3 Å². The van der Waals surface area contributed by atoms with E-state index in [0.717, 1.165) is 44.7 Å². The first kappa shape index (κ1) is 15.1. The number of carbonyl (C=O) groups excluding carboxylic acids is 1. The predicted molar refractivity (Wildman–Crippen MR) is 85.2 cm³/mol. The number of amides is 2. The first-order valence-corrected chi connectivity index (χ1v) is 7.67. The molecule has 2 amide bonds. The van der Waals surface area contributed by atoms with Crippen molar-refractivity contribution < 1.29 is 4.79 Å². The largest absolute Gasteiger partial charge is 0.370 e. The third-order valence-electron chi connectivity index (χ3n) is 4.41. The second-order valence-electron chi connectivity index (χ2n) is 5.67. The van der Waals surface area contributed by atoms with E-state index in [1.807, 2.05) is 11.0 Å². The fourth-order valence-electron chi connectivity index (χ4n) is 3.26. The van der Waals surface area contributed by atoms with Gasteiger partial charge < -0.3 is 21.0 Å². The number of anilines is 1. The van der Waals surface area contributed by atoms with Crippen molar-refractivity contribution in [2.45, 2.75) is 18.9 Å². The highest BCUT2D eigenvalue weighted by Crippen LogP contribution is 2.32. The molecule has 8 heteroatoms. The Morgan fingerprint density at radius 3 is 2.70 bits per heavy atom. The van der Waals surface area contributed by atoms with E-state index in [9.17, 15) is 4.79 Å². The van der Waals surface area contributed by atoms with Crippen LogP contribution in [0.4, 0.5) is 16.2 Å². The van der Waals surface area contributed by atoms with Crippen molar-refractivity contribution in [2.75, 3.05) is 31.1 Å². The fraction of sp³-hybridized carbons (Fsp3) is 0.467. The zero-order chi connectivity index (χ0) is 16.2. The SMILES string of the molecule is N#Cc1ccc(N2CCC(N3CCNC3=O)CC2)c(N=NN)c1. The van der Waals surface area contributed by atoms with Gasteiger partial charge in [0.05, 0.1) is 17.3 Å². The quantitative estimate of drug-likeness (QED) is 0.500. The summed E-state index contributed by atoms with van der Waals surface area (Å²) in [5.41, 5.74) is 2.05. The average Bonchev–Trinajstić information content (AvgIpc) is 3.01. The average molecular weight is 313 g/mol. The van der Waals surface area contributed by atoms with Crippen molar-refractivity contribution in [2.24, 2.45) is 16.2 Å². The molecule has 2 saturated heterocycles. The lowest BCUT2D eigenvalue weighted by atomic mass is 10.0. The van der Waals surface area contributed by atoms with E-state index >= 15 is 0 Å². The van der Waals surface area contributed by atoms with Gasteiger partial charge in [-0.15, -0.1) is 5.11 Å². The molecular formula is C15H19N7O. The van der Waals surface area contributed by atoms with Gasteiger partial charge in [-0.05, 0) is 31.0 Å². The minimum Gasteiger partial charge on any atom is -0.370 e. The molecule has 3 N–H and O–H groups in total. The van der Waals surface area contributed by atoms with E-state index < -0.39 is 0 Å². The monoisotopic (exact) mass is 313 g/mol. The standard InChI is InChI=1S/C15H19N7O/c16-10-11-1-2-14(13(9-11)19-20-17)21-6-3-12(4-7-21)22-8-5-18-15(22)23/h1-2,9,12H,3-8H2,(H2,17,19)(H,18,23). The van der Waals surface area contributed by atoms with Crippen LogP contribution in [0.25, 0.3) is 0 Å². The Labute approximate surface area is 134 Å². The van der Waals surface area contributed by atoms with Gasteiger partial charge in [-0.25, -0.2) is 4.79 Å². The van der Waals surface area contributed by atoms with Crippen LogP contribution in [0.15, 0.2) is 28.5 Å². The lowest BCUT2D eigenvalue weighted by Crippen LogP contribution is -2.46. The molecule has 0 aliphatic carbocycles. The summed E-state index contributed by atoms with van der Waals surface area (Å²) in [5.74, 6) is 5.18. The summed E-state index contributed by atoms with van der Waals surface area (Å²) >= 11 is 0. The molecule has 0 aromatic heterocycles. The van der Waals surface area contributed by atoms with Crippen LogP contribution in [0.2, 0.25) is 0 Å². The van der Waals surface area contributed by atoms with Crippen molar-refractivity contribution in [3.05, 3.63) is 23.8 Å². The second kappa shape index (κ2) is 6.52. The van der Waals surface area contributed by atoms with Gasteiger partial charge in [-0.1, -0.05) is 5.22 Å². The summed E-state index contributed by atoms with van der Waals surface area (Å²) in [6.45, 7) is 3.17. The van der Waals surface area contributed by atoms with Gasteiger partial charge in [0.25, 0.3) is 0 Å². The number of benzene rings is 1. The Morgan fingerprint density at radius 1 is 1.30 bits per heavy atom. The van der Waals surface area contributed by atoms with Gasteiger partial charge >= 0.3 is 6.03 Å². The highest BCUT2D eigenvalue weighted by Gasteiger charge is 2.31. The van der Waals surface area contributed by atoms with Crippen molar-refractivity contribution in [3.8, 4) is 6.07 Å². The highest BCUT2D eigenvalue weighted by molar-refractivity contribution is 5.76. The molecule has 1 aromatic rings. The van der Waals surface area contributed by atoms with E-state index in [4.69, 9.17) is 11.1 Å². The molecule has 0 bridgehead atoms. The number of piperidine rings is 1. The minimum absolute atomic E-state index is 0.0412. The molecular weight excluding hydrogens is 294 g/mol. The number of hydrogen-bond donors (Lipinski definition) is 2. The molecule has 0 radical (unpaired) electrons. The summed E-state index contributed by atoms with van der Waals surface area (Å²) < 4.78 is 0. The van der Waals surface area contributed by atoms with Gasteiger partial charge in [0.15, 0.2) is 0 Å². The molecule has 120 valence electrons. The van der Waals surface area contributed by atoms with Crippen LogP contribution in [0, 0.1) is 11.3 Å². The van der Waals surface area contributed by atoms with E-state index in [1.54, 1.807) is 12.1 Å². The molecule has 0 spiro atoms. The number of rotatable bonds is 3. The Morgan fingerprint density at radius 2 is 2.09 bits per heavy atom. The van der Waals surface area contributed by atoms with Crippen LogP contribution in [0.1, 0.15) is 18.4 Å².